The Morgan fingerprint density at radius 1 is 1.26 bits per heavy atom. The van der Waals surface area contributed by atoms with Crippen LogP contribution in [0.5, 0.6) is 0 Å². The third-order valence-electron chi connectivity index (χ3n) is 3.95. The van der Waals surface area contributed by atoms with Crippen molar-refractivity contribution in [2.75, 3.05) is 25.0 Å². The maximum atomic E-state index is 3.70. The summed E-state index contributed by atoms with van der Waals surface area (Å²) in [5.74, 6) is 0. The number of hydrogen-bond acceptors (Lipinski definition) is 3. The van der Waals surface area contributed by atoms with Crippen molar-refractivity contribution in [3.05, 3.63) is 29.6 Å². The number of benzene rings is 1. The van der Waals surface area contributed by atoms with Gasteiger partial charge in [-0.15, -0.1) is 11.3 Å². The van der Waals surface area contributed by atoms with Crippen LogP contribution in [0.15, 0.2) is 29.6 Å². The van der Waals surface area contributed by atoms with E-state index in [-0.39, 0.29) is 0 Å². The lowest BCUT2D eigenvalue weighted by atomic mass is 10.0. The van der Waals surface area contributed by atoms with Gasteiger partial charge in [0.1, 0.15) is 0 Å². The van der Waals surface area contributed by atoms with E-state index in [1.807, 2.05) is 11.3 Å². The number of rotatable bonds is 4. The van der Waals surface area contributed by atoms with Gasteiger partial charge in [-0.3, -0.25) is 0 Å². The molecule has 3 heteroatoms. The van der Waals surface area contributed by atoms with Gasteiger partial charge in [0.25, 0.3) is 0 Å². The highest BCUT2D eigenvalue weighted by Gasteiger charge is 2.18. The number of thiophene rings is 1. The van der Waals surface area contributed by atoms with Gasteiger partial charge in [0, 0.05) is 29.5 Å². The average Bonchev–Trinajstić information content (AvgIpc) is 2.89. The van der Waals surface area contributed by atoms with Crippen LogP contribution in [0.1, 0.15) is 26.2 Å². The van der Waals surface area contributed by atoms with Crippen LogP contribution in [0.2, 0.25) is 0 Å². The van der Waals surface area contributed by atoms with Gasteiger partial charge in [0.05, 0.1) is 0 Å². The van der Waals surface area contributed by atoms with E-state index in [4.69, 9.17) is 0 Å². The van der Waals surface area contributed by atoms with Crippen molar-refractivity contribution in [3.8, 4) is 0 Å². The van der Waals surface area contributed by atoms with Crippen LogP contribution in [-0.4, -0.2) is 30.6 Å². The van der Waals surface area contributed by atoms with E-state index in [1.54, 1.807) is 0 Å². The fourth-order valence-corrected chi connectivity index (χ4v) is 3.68. The second-order valence-electron chi connectivity index (χ2n) is 5.43. The molecule has 1 aliphatic rings. The molecule has 0 unspecified atom stereocenters. The molecule has 0 bridgehead atoms. The van der Waals surface area contributed by atoms with E-state index < -0.39 is 0 Å². The summed E-state index contributed by atoms with van der Waals surface area (Å²) >= 11 is 1.81. The van der Waals surface area contributed by atoms with Crippen LogP contribution in [0.25, 0.3) is 10.1 Å². The van der Waals surface area contributed by atoms with Gasteiger partial charge < -0.3 is 10.2 Å². The van der Waals surface area contributed by atoms with Crippen molar-refractivity contribution >= 4 is 27.1 Å². The van der Waals surface area contributed by atoms with Gasteiger partial charge in [-0.05, 0) is 60.8 Å². The van der Waals surface area contributed by atoms with Crippen molar-refractivity contribution in [3.63, 3.8) is 0 Å². The minimum Gasteiger partial charge on any atom is -0.382 e. The molecule has 0 saturated carbocycles. The predicted octanol–water partition coefficient (Wildman–Crippen LogP) is 4.19. The Kier molecular flexibility index (Phi) is 4.04. The van der Waals surface area contributed by atoms with Crippen LogP contribution in [-0.2, 0) is 0 Å². The minimum atomic E-state index is 0.643. The third kappa shape index (κ3) is 3.10. The summed E-state index contributed by atoms with van der Waals surface area (Å²) < 4.78 is 1.38. The Morgan fingerprint density at radius 3 is 2.89 bits per heavy atom. The molecule has 2 heterocycles. The maximum absolute atomic E-state index is 3.70. The van der Waals surface area contributed by atoms with E-state index >= 15 is 0 Å². The second-order valence-corrected chi connectivity index (χ2v) is 6.38. The molecule has 1 aliphatic heterocycles. The summed E-state index contributed by atoms with van der Waals surface area (Å²) in [6, 6.07) is 9.58. The smallest absolute Gasteiger partial charge is 0.0349 e. The van der Waals surface area contributed by atoms with Gasteiger partial charge >= 0.3 is 0 Å². The first kappa shape index (κ1) is 12.9. The summed E-state index contributed by atoms with van der Waals surface area (Å²) in [6.45, 7) is 6.01. The van der Waals surface area contributed by atoms with Gasteiger partial charge in [-0.25, -0.2) is 0 Å². The van der Waals surface area contributed by atoms with Crippen LogP contribution in [0.3, 0.4) is 0 Å². The fourth-order valence-electron chi connectivity index (χ4n) is 2.91. The molecule has 1 fully saturated rings. The molecule has 1 saturated heterocycles. The highest BCUT2D eigenvalue weighted by atomic mass is 32.1. The molecule has 1 aromatic heterocycles. The van der Waals surface area contributed by atoms with E-state index in [9.17, 15) is 0 Å². The Hall–Kier alpha value is -1.06. The minimum absolute atomic E-state index is 0.643. The number of anilines is 1. The molecule has 0 amide bonds. The van der Waals surface area contributed by atoms with Crippen molar-refractivity contribution in [1.29, 1.82) is 0 Å². The van der Waals surface area contributed by atoms with Crippen LogP contribution in [0, 0.1) is 0 Å². The van der Waals surface area contributed by atoms with Crippen LogP contribution < -0.4 is 5.32 Å². The second kappa shape index (κ2) is 5.93. The zero-order chi connectivity index (χ0) is 13.1. The first-order valence-corrected chi connectivity index (χ1v) is 8.19. The summed E-state index contributed by atoms with van der Waals surface area (Å²) in [7, 11) is 0. The standard InChI is InChI=1S/C16H22N2S/c1-2-8-18-9-5-14(6-10-18)17-15-3-4-16-13(12-15)7-11-19-16/h3-4,7,11-12,14,17H,2,5-6,8-10H2,1H3. The van der Waals surface area contributed by atoms with E-state index in [2.05, 4.69) is 46.8 Å². The molecule has 0 radical (unpaired) electrons. The van der Waals surface area contributed by atoms with Crippen molar-refractivity contribution in [2.24, 2.45) is 0 Å². The quantitative estimate of drug-likeness (QED) is 0.899. The monoisotopic (exact) mass is 274 g/mol. The molecule has 102 valence electrons. The Bertz CT molecular complexity index is 526. The summed E-state index contributed by atoms with van der Waals surface area (Å²) in [5.41, 5.74) is 1.28. The Morgan fingerprint density at radius 2 is 2.11 bits per heavy atom. The third-order valence-corrected chi connectivity index (χ3v) is 4.85. The predicted molar refractivity (Wildman–Crippen MR) is 85.2 cm³/mol. The maximum Gasteiger partial charge on any atom is 0.0349 e. The van der Waals surface area contributed by atoms with E-state index in [0.717, 1.165) is 0 Å². The number of fused-ring (bicyclic) bond motifs is 1. The first-order valence-electron chi connectivity index (χ1n) is 7.31. The summed E-state index contributed by atoms with van der Waals surface area (Å²) in [5, 5.41) is 7.23. The van der Waals surface area contributed by atoms with Crippen molar-refractivity contribution < 1.29 is 0 Å². The normalized spacial score (nSPS) is 17.9. The molecule has 1 N–H and O–H groups in total. The first-order chi connectivity index (χ1) is 9.35. The summed E-state index contributed by atoms with van der Waals surface area (Å²) in [6.07, 6.45) is 3.80. The molecule has 2 aromatic rings. The van der Waals surface area contributed by atoms with Crippen molar-refractivity contribution in [2.45, 2.75) is 32.2 Å². The lowest BCUT2D eigenvalue weighted by Crippen LogP contribution is -2.39. The Labute approximate surface area is 119 Å². The number of likely N-dealkylation sites (tertiary alicyclic amines) is 1. The van der Waals surface area contributed by atoms with E-state index in [1.165, 1.54) is 54.7 Å². The molecule has 0 atom stereocenters. The number of nitrogens with one attached hydrogen (secondary N) is 1. The summed E-state index contributed by atoms with van der Waals surface area (Å²) in [4.78, 5) is 2.58. The highest BCUT2D eigenvalue weighted by molar-refractivity contribution is 7.17. The molecule has 3 rings (SSSR count). The molecule has 19 heavy (non-hydrogen) atoms. The Balaban J connectivity index is 1.59. The fraction of sp³-hybridized carbons (Fsp3) is 0.500. The van der Waals surface area contributed by atoms with Crippen molar-refractivity contribution in [1.82, 2.24) is 4.90 Å². The van der Waals surface area contributed by atoms with E-state index in [0.29, 0.717) is 6.04 Å². The molecular formula is C16H22N2S. The van der Waals surface area contributed by atoms with Gasteiger partial charge in [0.15, 0.2) is 0 Å². The zero-order valence-electron chi connectivity index (χ0n) is 11.6. The van der Waals surface area contributed by atoms with Gasteiger partial charge in [0.2, 0.25) is 0 Å². The van der Waals surface area contributed by atoms with Gasteiger partial charge in [-0.1, -0.05) is 6.92 Å². The van der Waals surface area contributed by atoms with Gasteiger partial charge in [-0.2, -0.15) is 0 Å². The van der Waals surface area contributed by atoms with Crippen LogP contribution in [0.4, 0.5) is 5.69 Å². The molecule has 0 aliphatic carbocycles. The molecule has 1 aromatic carbocycles. The van der Waals surface area contributed by atoms with Crippen LogP contribution >= 0.6 is 11.3 Å². The number of nitrogens with zero attached hydrogens (tertiary/aromatic N) is 1. The number of hydrogen-bond donors (Lipinski definition) is 1. The highest BCUT2D eigenvalue weighted by Crippen LogP contribution is 2.25. The molecule has 2 nitrogen and oxygen atoms in total. The largest absolute Gasteiger partial charge is 0.382 e. The lowest BCUT2D eigenvalue weighted by molar-refractivity contribution is 0.219. The topological polar surface area (TPSA) is 15.3 Å². The zero-order valence-corrected chi connectivity index (χ0v) is 12.4. The number of piperidine rings is 1. The molecule has 0 spiro atoms. The molecular weight excluding hydrogens is 252 g/mol. The average molecular weight is 274 g/mol. The lowest BCUT2D eigenvalue weighted by Gasteiger charge is -2.32. The SMILES string of the molecule is CCCN1CCC(Nc2ccc3sccc3c2)CC1.